The molecule has 0 saturated heterocycles. The lowest BCUT2D eigenvalue weighted by Crippen LogP contribution is -2.50. The number of carbonyl (C=O) groups excluding carboxylic acids is 2. The molecule has 8 heteroatoms. The van der Waals surface area contributed by atoms with Gasteiger partial charge in [0.25, 0.3) is 0 Å². The molecule has 160 valence electrons. The zero-order valence-corrected chi connectivity index (χ0v) is 17.9. The fraction of sp³-hybridized carbons (Fsp3) is 0.348. The minimum atomic E-state index is -0.557. The van der Waals surface area contributed by atoms with Crippen molar-refractivity contribution in [3.05, 3.63) is 65.5 Å². The van der Waals surface area contributed by atoms with Gasteiger partial charge in [-0.1, -0.05) is 44.2 Å². The molecule has 1 aromatic heterocycles. The smallest absolute Gasteiger partial charge is 0.247 e. The average molecular weight is 419 g/mol. The van der Waals surface area contributed by atoms with Crippen molar-refractivity contribution in [2.45, 2.75) is 46.2 Å². The third-order valence-electron chi connectivity index (χ3n) is 5.53. The first kappa shape index (κ1) is 20.7. The summed E-state index contributed by atoms with van der Waals surface area (Å²) in [5.41, 5.74) is 4.60. The normalized spacial score (nSPS) is 15.6. The van der Waals surface area contributed by atoms with E-state index >= 15 is 0 Å². The molecular formula is C23H26N6O2. The first-order valence-corrected chi connectivity index (χ1v) is 10.4. The number of aryl methyl sites for hydroxylation is 1. The van der Waals surface area contributed by atoms with Gasteiger partial charge in [-0.3, -0.25) is 9.59 Å². The van der Waals surface area contributed by atoms with Crippen LogP contribution >= 0.6 is 0 Å². The fourth-order valence-electron chi connectivity index (χ4n) is 3.92. The maximum absolute atomic E-state index is 13.3. The molecule has 4 rings (SSSR count). The van der Waals surface area contributed by atoms with E-state index in [2.05, 4.69) is 20.8 Å². The van der Waals surface area contributed by atoms with Crippen molar-refractivity contribution < 1.29 is 9.59 Å². The predicted molar refractivity (Wildman–Crippen MR) is 116 cm³/mol. The van der Waals surface area contributed by atoms with Crippen LogP contribution in [0.15, 0.2) is 48.8 Å². The van der Waals surface area contributed by atoms with E-state index in [0.717, 1.165) is 22.4 Å². The Bertz CT molecular complexity index is 1090. The quantitative estimate of drug-likeness (QED) is 0.688. The number of amides is 2. The highest BCUT2D eigenvalue weighted by molar-refractivity contribution is 5.98. The van der Waals surface area contributed by atoms with Crippen LogP contribution in [0.4, 0.5) is 5.69 Å². The number of nitrogens with zero attached hydrogens (tertiary/aromatic N) is 5. The number of benzene rings is 2. The zero-order valence-electron chi connectivity index (χ0n) is 17.9. The minimum absolute atomic E-state index is 0.00272. The van der Waals surface area contributed by atoms with Crippen molar-refractivity contribution in [2.24, 2.45) is 5.92 Å². The highest BCUT2D eigenvalue weighted by Gasteiger charge is 2.34. The maximum Gasteiger partial charge on any atom is 0.247 e. The Morgan fingerprint density at radius 3 is 2.65 bits per heavy atom. The molecule has 1 aliphatic heterocycles. The summed E-state index contributed by atoms with van der Waals surface area (Å²) in [6, 6.07) is 13.0. The molecule has 1 unspecified atom stereocenters. The van der Waals surface area contributed by atoms with Gasteiger partial charge in [-0.25, -0.2) is 4.68 Å². The molecule has 0 aliphatic carbocycles. The minimum Gasteiger partial charge on any atom is -0.326 e. The lowest BCUT2D eigenvalue weighted by Gasteiger charge is -2.36. The van der Waals surface area contributed by atoms with E-state index in [1.165, 1.54) is 6.33 Å². The van der Waals surface area contributed by atoms with Crippen molar-refractivity contribution in [1.82, 2.24) is 25.1 Å². The molecule has 2 heterocycles. The van der Waals surface area contributed by atoms with Crippen molar-refractivity contribution in [2.75, 3.05) is 5.32 Å². The molecule has 1 atom stereocenters. The van der Waals surface area contributed by atoms with Gasteiger partial charge in [-0.2, -0.15) is 0 Å². The van der Waals surface area contributed by atoms with Gasteiger partial charge in [-0.15, -0.1) is 5.10 Å². The van der Waals surface area contributed by atoms with Crippen LogP contribution in [0.3, 0.4) is 0 Å². The number of hydrogen-bond donors (Lipinski definition) is 1. The van der Waals surface area contributed by atoms with E-state index in [4.69, 9.17) is 0 Å². The van der Waals surface area contributed by atoms with Gasteiger partial charge in [0.05, 0.1) is 5.69 Å². The van der Waals surface area contributed by atoms with Gasteiger partial charge >= 0.3 is 0 Å². The van der Waals surface area contributed by atoms with Crippen LogP contribution in [-0.2, 0) is 22.6 Å². The summed E-state index contributed by atoms with van der Waals surface area (Å²) in [6.45, 7) is 6.42. The van der Waals surface area contributed by atoms with Crippen LogP contribution in [0.25, 0.3) is 5.69 Å². The SMILES string of the molecule is Cc1ccc(NC(=O)C2Cc3ccccc3CN2C(=O)CC(C)C)cc1-n1cnnn1. The number of fused-ring (bicyclic) bond motifs is 1. The van der Waals surface area contributed by atoms with E-state index < -0.39 is 6.04 Å². The summed E-state index contributed by atoms with van der Waals surface area (Å²) in [4.78, 5) is 28.0. The monoisotopic (exact) mass is 418 g/mol. The molecule has 2 amide bonds. The van der Waals surface area contributed by atoms with Crippen LogP contribution < -0.4 is 5.32 Å². The Morgan fingerprint density at radius 2 is 1.94 bits per heavy atom. The number of nitrogens with one attached hydrogen (secondary N) is 1. The Labute approximate surface area is 181 Å². The summed E-state index contributed by atoms with van der Waals surface area (Å²) in [7, 11) is 0. The Morgan fingerprint density at radius 1 is 1.16 bits per heavy atom. The molecule has 0 radical (unpaired) electrons. The van der Waals surface area contributed by atoms with Gasteiger partial charge in [0.2, 0.25) is 11.8 Å². The molecule has 0 bridgehead atoms. The Kier molecular flexibility index (Phi) is 5.79. The van der Waals surface area contributed by atoms with Crippen LogP contribution in [0.2, 0.25) is 0 Å². The molecule has 0 fully saturated rings. The Hall–Kier alpha value is -3.55. The number of rotatable bonds is 5. The molecule has 0 spiro atoms. The fourth-order valence-corrected chi connectivity index (χ4v) is 3.92. The third kappa shape index (κ3) is 4.47. The van der Waals surface area contributed by atoms with Gasteiger partial charge < -0.3 is 10.2 Å². The van der Waals surface area contributed by atoms with Crippen LogP contribution in [-0.4, -0.2) is 43.0 Å². The van der Waals surface area contributed by atoms with Crippen LogP contribution in [0.1, 0.15) is 37.0 Å². The van der Waals surface area contributed by atoms with Gasteiger partial charge in [0, 0.05) is 25.1 Å². The zero-order chi connectivity index (χ0) is 22.0. The van der Waals surface area contributed by atoms with E-state index in [-0.39, 0.29) is 17.7 Å². The number of anilines is 1. The summed E-state index contributed by atoms with van der Waals surface area (Å²) in [5.74, 6) is 0.0328. The van der Waals surface area contributed by atoms with Crippen LogP contribution in [0, 0.1) is 12.8 Å². The molecule has 3 aromatic rings. The lowest BCUT2D eigenvalue weighted by atomic mass is 9.92. The lowest BCUT2D eigenvalue weighted by molar-refractivity contribution is -0.140. The first-order valence-electron chi connectivity index (χ1n) is 10.4. The molecule has 1 N–H and O–H groups in total. The van der Waals surface area contributed by atoms with Crippen molar-refractivity contribution in [1.29, 1.82) is 0 Å². The maximum atomic E-state index is 13.3. The number of hydrogen-bond acceptors (Lipinski definition) is 5. The highest BCUT2D eigenvalue weighted by Crippen LogP contribution is 2.26. The number of tetrazole rings is 1. The second-order valence-corrected chi connectivity index (χ2v) is 8.35. The average Bonchev–Trinajstić information content (AvgIpc) is 3.28. The molecule has 8 nitrogen and oxygen atoms in total. The molecular weight excluding hydrogens is 392 g/mol. The van der Waals surface area contributed by atoms with Gasteiger partial charge in [0.1, 0.15) is 12.4 Å². The largest absolute Gasteiger partial charge is 0.326 e. The predicted octanol–water partition coefficient (Wildman–Crippen LogP) is 2.91. The van der Waals surface area contributed by atoms with Gasteiger partial charge in [-0.05, 0) is 52.1 Å². The molecule has 1 aliphatic rings. The highest BCUT2D eigenvalue weighted by atomic mass is 16.2. The van der Waals surface area contributed by atoms with Crippen molar-refractivity contribution >= 4 is 17.5 Å². The third-order valence-corrected chi connectivity index (χ3v) is 5.53. The van der Waals surface area contributed by atoms with Crippen molar-refractivity contribution in [3.63, 3.8) is 0 Å². The topological polar surface area (TPSA) is 93.0 Å². The van der Waals surface area contributed by atoms with Crippen molar-refractivity contribution in [3.8, 4) is 5.69 Å². The molecule has 2 aromatic carbocycles. The second kappa shape index (κ2) is 8.67. The first-order chi connectivity index (χ1) is 14.9. The number of carbonyl (C=O) groups is 2. The molecule has 0 saturated carbocycles. The summed E-state index contributed by atoms with van der Waals surface area (Å²) >= 11 is 0. The summed E-state index contributed by atoms with van der Waals surface area (Å²) in [6.07, 6.45) is 2.43. The van der Waals surface area contributed by atoms with Crippen LogP contribution in [0.5, 0.6) is 0 Å². The van der Waals surface area contributed by atoms with E-state index in [1.54, 1.807) is 9.58 Å². The van der Waals surface area contributed by atoms with Gasteiger partial charge in [0.15, 0.2) is 0 Å². The summed E-state index contributed by atoms with van der Waals surface area (Å²) in [5, 5.41) is 14.3. The molecule has 31 heavy (non-hydrogen) atoms. The summed E-state index contributed by atoms with van der Waals surface area (Å²) < 4.78 is 1.56. The van der Waals surface area contributed by atoms with E-state index in [9.17, 15) is 9.59 Å². The van der Waals surface area contributed by atoms with E-state index in [1.807, 2.05) is 63.2 Å². The van der Waals surface area contributed by atoms with E-state index in [0.29, 0.717) is 25.1 Å². The Balaban J connectivity index is 1.60. The standard InChI is InChI=1S/C23H26N6O2/c1-15(2)10-22(30)28-13-18-7-5-4-6-17(18)11-21(28)23(31)25-19-9-8-16(3)20(12-19)29-14-24-26-27-29/h4-9,12,14-15,21H,10-11,13H2,1-3H3,(H,25,31). The second-order valence-electron chi connectivity index (χ2n) is 8.35. The number of aromatic nitrogens is 4.